The highest BCUT2D eigenvalue weighted by Crippen LogP contribution is 2.45. The number of hydrogen-bond acceptors (Lipinski definition) is 7. The number of guanidine groups is 1. The van der Waals surface area contributed by atoms with Gasteiger partial charge in [-0.25, -0.2) is 23.1 Å². The molecule has 1 aliphatic heterocycles. The minimum Gasteiger partial charge on any atom is -0.479 e. The lowest BCUT2D eigenvalue weighted by atomic mass is 9.78. The number of nitrogens with zero attached hydrogens (tertiary/aromatic N) is 4. The largest absolute Gasteiger partial charge is 0.479 e. The van der Waals surface area contributed by atoms with Crippen molar-refractivity contribution >= 4 is 24.0 Å². The Labute approximate surface area is 185 Å². The molecular formula is C20H20F4N6O3. The summed E-state index contributed by atoms with van der Waals surface area (Å²) in [5.41, 5.74) is 8.83. The molecule has 9 nitrogen and oxygen atoms in total. The van der Waals surface area contributed by atoms with Crippen LogP contribution in [0.5, 0.6) is 5.88 Å². The lowest BCUT2D eigenvalue weighted by molar-refractivity contribution is -0.130. The number of anilines is 1. The van der Waals surface area contributed by atoms with Gasteiger partial charge in [0.15, 0.2) is 29.7 Å². The molecule has 33 heavy (non-hydrogen) atoms. The topological polar surface area (TPSA) is 137 Å². The van der Waals surface area contributed by atoms with Crippen molar-refractivity contribution in [3.05, 3.63) is 46.7 Å². The van der Waals surface area contributed by atoms with Crippen LogP contribution in [0.3, 0.4) is 0 Å². The molecule has 2 heterocycles. The van der Waals surface area contributed by atoms with Gasteiger partial charge < -0.3 is 21.1 Å². The molecule has 1 aliphatic rings. The highest BCUT2D eigenvalue weighted by Gasteiger charge is 2.51. The van der Waals surface area contributed by atoms with E-state index < -0.39 is 58.5 Å². The SMILES string of the molecule is COc1nc(N2CC(CC(=O)C=O)C(N=C(N)N)(c3cc(F)c(F)cc3F)C2)nc(C)c1F. The van der Waals surface area contributed by atoms with Crippen molar-refractivity contribution in [3.8, 4) is 5.88 Å². The summed E-state index contributed by atoms with van der Waals surface area (Å²) in [6.07, 6.45) is -0.376. The Balaban J connectivity index is 2.22. The van der Waals surface area contributed by atoms with Gasteiger partial charge in [0, 0.05) is 30.5 Å². The molecule has 0 radical (unpaired) electrons. The Morgan fingerprint density at radius 3 is 2.52 bits per heavy atom. The Morgan fingerprint density at radius 1 is 1.24 bits per heavy atom. The summed E-state index contributed by atoms with van der Waals surface area (Å²) in [6.45, 7) is 0.950. The van der Waals surface area contributed by atoms with E-state index in [4.69, 9.17) is 16.2 Å². The Bertz CT molecular complexity index is 1140. The first-order valence-corrected chi connectivity index (χ1v) is 9.59. The third-order valence-corrected chi connectivity index (χ3v) is 5.38. The van der Waals surface area contributed by atoms with Crippen LogP contribution in [0.4, 0.5) is 23.5 Å². The molecule has 1 aromatic carbocycles. The molecule has 176 valence electrons. The molecule has 0 saturated carbocycles. The van der Waals surface area contributed by atoms with E-state index in [9.17, 15) is 27.2 Å². The molecule has 13 heteroatoms. The zero-order chi connectivity index (χ0) is 24.5. The lowest BCUT2D eigenvalue weighted by Gasteiger charge is -2.31. The van der Waals surface area contributed by atoms with E-state index in [1.807, 2.05) is 0 Å². The second-order valence-electron chi connectivity index (χ2n) is 7.51. The maximum Gasteiger partial charge on any atom is 0.255 e. The number of benzene rings is 1. The molecule has 3 rings (SSSR count). The normalized spacial score (nSPS) is 19.9. The van der Waals surface area contributed by atoms with Crippen LogP contribution in [0.15, 0.2) is 17.1 Å². The van der Waals surface area contributed by atoms with E-state index in [1.54, 1.807) is 0 Å². The van der Waals surface area contributed by atoms with Crippen molar-refractivity contribution in [2.24, 2.45) is 22.4 Å². The number of halogens is 4. The number of carbonyl (C=O) groups excluding carboxylic acids is 2. The minimum absolute atomic E-state index is 0.0595. The van der Waals surface area contributed by atoms with Crippen LogP contribution in [-0.4, -0.2) is 48.2 Å². The van der Waals surface area contributed by atoms with Gasteiger partial charge in [-0.05, 0) is 13.0 Å². The standard InChI is InChI=1S/C20H20F4N6O3/c1-9-16(24)17(33-2)28-19(27-9)30-6-10(3-11(32)7-31)20(8-30,29-18(25)26)12-4-14(22)15(23)5-13(12)21/h4-5,7,10H,3,6,8H2,1-2H3,(H4,25,26,29). The van der Waals surface area contributed by atoms with E-state index in [0.29, 0.717) is 12.1 Å². The number of nitrogens with two attached hydrogens (primary N) is 2. The number of rotatable bonds is 7. The number of aromatic nitrogens is 2. The Kier molecular flexibility index (Phi) is 6.51. The maximum atomic E-state index is 14.9. The minimum atomic E-state index is -1.82. The van der Waals surface area contributed by atoms with Crippen molar-refractivity contribution in [3.63, 3.8) is 0 Å². The summed E-state index contributed by atoms with van der Waals surface area (Å²) >= 11 is 0. The molecule has 0 bridgehead atoms. The summed E-state index contributed by atoms with van der Waals surface area (Å²) in [7, 11) is 1.20. The van der Waals surface area contributed by atoms with Crippen LogP contribution in [0, 0.1) is 36.1 Å². The zero-order valence-electron chi connectivity index (χ0n) is 17.6. The zero-order valence-corrected chi connectivity index (χ0v) is 17.6. The van der Waals surface area contributed by atoms with E-state index >= 15 is 0 Å². The molecule has 1 fully saturated rings. The van der Waals surface area contributed by atoms with Crippen molar-refractivity contribution in [2.75, 3.05) is 25.1 Å². The van der Waals surface area contributed by atoms with Gasteiger partial charge in [-0.3, -0.25) is 9.59 Å². The quantitative estimate of drug-likeness (QED) is 0.154. The van der Waals surface area contributed by atoms with Gasteiger partial charge in [0.05, 0.1) is 19.3 Å². The van der Waals surface area contributed by atoms with Crippen molar-refractivity contribution in [1.29, 1.82) is 0 Å². The van der Waals surface area contributed by atoms with Gasteiger partial charge in [0.1, 0.15) is 11.4 Å². The predicted octanol–water partition coefficient (Wildman–Crippen LogP) is 1.11. The van der Waals surface area contributed by atoms with Crippen LogP contribution in [0.25, 0.3) is 0 Å². The molecule has 0 amide bonds. The van der Waals surface area contributed by atoms with E-state index in [0.717, 1.165) is 0 Å². The smallest absolute Gasteiger partial charge is 0.255 e. The second-order valence-corrected chi connectivity index (χ2v) is 7.51. The highest BCUT2D eigenvalue weighted by molar-refractivity contribution is 6.25. The van der Waals surface area contributed by atoms with Gasteiger partial charge >= 0.3 is 0 Å². The van der Waals surface area contributed by atoms with Gasteiger partial charge in [-0.1, -0.05) is 0 Å². The fourth-order valence-corrected chi connectivity index (χ4v) is 3.95. The molecule has 2 unspecified atom stereocenters. The molecule has 0 aliphatic carbocycles. The van der Waals surface area contributed by atoms with Gasteiger partial charge in [0.2, 0.25) is 11.8 Å². The number of ketones is 1. The van der Waals surface area contributed by atoms with Crippen LogP contribution < -0.4 is 21.1 Å². The summed E-state index contributed by atoms with van der Waals surface area (Å²) in [4.78, 5) is 36.6. The molecule has 2 aromatic rings. The summed E-state index contributed by atoms with van der Waals surface area (Å²) in [6, 6.07) is 0.924. The van der Waals surface area contributed by atoms with Crippen LogP contribution in [-0.2, 0) is 15.1 Å². The van der Waals surface area contributed by atoms with E-state index in [1.165, 1.54) is 18.9 Å². The summed E-state index contributed by atoms with van der Waals surface area (Å²) in [5, 5.41) is 0. The average molecular weight is 468 g/mol. The number of methoxy groups -OCH3 is 1. The van der Waals surface area contributed by atoms with E-state index in [2.05, 4.69) is 15.0 Å². The number of hydrogen-bond donors (Lipinski definition) is 2. The third kappa shape index (κ3) is 4.43. The van der Waals surface area contributed by atoms with Crippen LogP contribution in [0.2, 0.25) is 0 Å². The molecular weight excluding hydrogens is 448 g/mol. The number of aldehydes is 1. The maximum absolute atomic E-state index is 14.9. The molecule has 4 N–H and O–H groups in total. The first kappa shape index (κ1) is 23.9. The Morgan fingerprint density at radius 2 is 1.91 bits per heavy atom. The number of Topliss-reactive ketones (excluding diaryl/α,β-unsaturated/α-hetero) is 1. The molecule has 0 spiro atoms. The Hall–Kier alpha value is -3.77. The van der Waals surface area contributed by atoms with Gasteiger partial charge in [-0.2, -0.15) is 9.37 Å². The lowest BCUT2D eigenvalue weighted by Crippen LogP contribution is -2.40. The monoisotopic (exact) mass is 468 g/mol. The molecule has 1 saturated heterocycles. The van der Waals surface area contributed by atoms with E-state index in [-0.39, 0.29) is 36.9 Å². The summed E-state index contributed by atoms with van der Waals surface area (Å²) in [5.74, 6) is -7.57. The summed E-state index contributed by atoms with van der Waals surface area (Å²) < 4.78 is 61.7. The number of carbonyl (C=O) groups is 2. The van der Waals surface area contributed by atoms with Crippen molar-refractivity contribution in [2.45, 2.75) is 18.9 Å². The predicted molar refractivity (Wildman–Crippen MR) is 108 cm³/mol. The fraction of sp³-hybridized carbons (Fsp3) is 0.350. The highest BCUT2D eigenvalue weighted by atomic mass is 19.2. The molecule has 1 aromatic heterocycles. The fourth-order valence-electron chi connectivity index (χ4n) is 3.95. The first-order chi connectivity index (χ1) is 15.5. The third-order valence-electron chi connectivity index (χ3n) is 5.38. The van der Waals surface area contributed by atoms with Gasteiger partial charge in [-0.15, -0.1) is 0 Å². The van der Waals surface area contributed by atoms with Crippen molar-refractivity contribution < 1.29 is 31.9 Å². The first-order valence-electron chi connectivity index (χ1n) is 9.59. The van der Waals surface area contributed by atoms with Crippen LogP contribution >= 0.6 is 0 Å². The van der Waals surface area contributed by atoms with Gasteiger partial charge in [0.25, 0.3) is 5.88 Å². The number of aryl methyl sites for hydroxylation is 1. The van der Waals surface area contributed by atoms with Crippen molar-refractivity contribution in [1.82, 2.24) is 9.97 Å². The average Bonchev–Trinajstić information content (AvgIpc) is 3.10. The molecule has 2 atom stereocenters. The van der Waals surface area contributed by atoms with Crippen LogP contribution in [0.1, 0.15) is 17.7 Å². The number of aliphatic imine (C=N–C) groups is 1. The number of ether oxygens (including phenoxy) is 1. The second kappa shape index (κ2) is 9.00.